The number of nitrogens with zero attached hydrogens (tertiary/aromatic N) is 3. The Bertz CT molecular complexity index is 579. The minimum absolute atomic E-state index is 0.103. The molecule has 1 aliphatic carbocycles. The quantitative estimate of drug-likeness (QED) is 0.899. The molecule has 1 amide bonds. The summed E-state index contributed by atoms with van der Waals surface area (Å²) in [5, 5.41) is 14.8. The lowest BCUT2D eigenvalue weighted by molar-refractivity contribution is 0.0527. The van der Waals surface area contributed by atoms with Crippen LogP contribution in [0.4, 0.5) is 0 Å². The second-order valence-electron chi connectivity index (χ2n) is 7.43. The Hall–Kier alpha value is -1.36. The van der Waals surface area contributed by atoms with E-state index in [1.54, 1.807) is 6.20 Å². The minimum atomic E-state index is -0.239. The average Bonchev–Trinajstić information content (AvgIpc) is 3.28. The Morgan fingerprint density at radius 2 is 2.04 bits per heavy atom. The van der Waals surface area contributed by atoms with Crippen molar-refractivity contribution in [1.29, 1.82) is 0 Å². The van der Waals surface area contributed by atoms with Crippen LogP contribution < -0.4 is 0 Å². The second-order valence-corrected chi connectivity index (χ2v) is 7.43. The predicted octanol–water partition coefficient (Wildman–Crippen LogP) is 3.32. The van der Waals surface area contributed by atoms with Gasteiger partial charge in [-0.25, -0.2) is 0 Å². The van der Waals surface area contributed by atoms with Gasteiger partial charge in [-0.2, -0.15) is 5.10 Å². The molecule has 134 valence electrons. The van der Waals surface area contributed by atoms with E-state index >= 15 is 0 Å². The number of amides is 1. The van der Waals surface area contributed by atoms with Gasteiger partial charge in [-0.1, -0.05) is 20.3 Å². The first-order valence-electron chi connectivity index (χ1n) is 9.61. The number of carbonyl (C=O) groups is 1. The first kappa shape index (κ1) is 17.5. The molecule has 0 bridgehead atoms. The van der Waals surface area contributed by atoms with Crippen molar-refractivity contribution in [3.8, 4) is 0 Å². The highest BCUT2D eigenvalue weighted by atomic mass is 16.3. The van der Waals surface area contributed by atoms with Gasteiger partial charge in [0.2, 0.25) is 0 Å². The van der Waals surface area contributed by atoms with Crippen molar-refractivity contribution in [2.45, 2.75) is 83.9 Å². The number of aliphatic hydroxyl groups excluding tert-OH is 1. The molecule has 2 heterocycles. The van der Waals surface area contributed by atoms with E-state index < -0.39 is 0 Å². The van der Waals surface area contributed by atoms with Crippen LogP contribution in [0, 0.1) is 12.8 Å². The molecule has 3 unspecified atom stereocenters. The van der Waals surface area contributed by atoms with Crippen molar-refractivity contribution in [1.82, 2.24) is 14.7 Å². The van der Waals surface area contributed by atoms with Crippen LogP contribution in [0.1, 0.15) is 80.9 Å². The summed E-state index contributed by atoms with van der Waals surface area (Å²) in [5.41, 5.74) is 1.72. The Balaban J connectivity index is 1.81. The number of hydrogen-bond acceptors (Lipinski definition) is 3. The summed E-state index contributed by atoms with van der Waals surface area (Å²) < 4.78 is 2.02. The molecule has 0 spiro atoms. The first-order chi connectivity index (χ1) is 11.6. The average molecular weight is 333 g/mol. The number of hydrogen-bond donors (Lipinski definition) is 1. The fourth-order valence-electron chi connectivity index (χ4n) is 4.70. The van der Waals surface area contributed by atoms with Gasteiger partial charge in [0, 0.05) is 24.2 Å². The zero-order valence-corrected chi connectivity index (χ0v) is 15.2. The third-order valence-corrected chi connectivity index (χ3v) is 6.15. The lowest BCUT2D eigenvalue weighted by Crippen LogP contribution is -2.42. The number of rotatable bonds is 5. The van der Waals surface area contributed by atoms with Gasteiger partial charge in [0.25, 0.3) is 5.91 Å². The maximum absolute atomic E-state index is 13.1. The van der Waals surface area contributed by atoms with Gasteiger partial charge in [-0.3, -0.25) is 9.48 Å². The summed E-state index contributed by atoms with van der Waals surface area (Å²) in [7, 11) is 0. The predicted molar refractivity (Wildman–Crippen MR) is 94.0 cm³/mol. The molecule has 1 aliphatic heterocycles. The highest BCUT2D eigenvalue weighted by Gasteiger charge is 2.40. The van der Waals surface area contributed by atoms with Gasteiger partial charge in [0.05, 0.1) is 23.9 Å². The van der Waals surface area contributed by atoms with Crippen molar-refractivity contribution in [2.75, 3.05) is 6.54 Å². The molecule has 3 atom stereocenters. The number of aliphatic hydroxyl groups is 1. The molecule has 2 aliphatic rings. The maximum atomic E-state index is 13.1. The molecule has 0 radical (unpaired) electrons. The normalized spacial score (nSPS) is 27.4. The first-order valence-corrected chi connectivity index (χ1v) is 9.61. The Morgan fingerprint density at radius 1 is 1.29 bits per heavy atom. The number of aromatic nitrogens is 2. The molecular formula is C19H31N3O2. The molecule has 1 aromatic heterocycles. The monoisotopic (exact) mass is 333 g/mol. The number of likely N-dealkylation sites (tertiary alicyclic amines) is 1. The molecule has 5 nitrogen and oxygen atoms in total. The Labute approximate surface area is 145 Å². The smallest absolute Gasteiger partial charge is 0.257 e. The van der Waals surface area contributed by atoms with Crippen LogP contribution in [-0.2, 0) is 0 Å². The van der Waals surface area contributed by atoms with E-state index in [1.165, 1.54) is 0 Å². The lowest BCUT2D eigenvalue weighted by Gasteiger charge is -2.31. The van der Waals surface area contributed by atoms with Crippen molar-refractivity contribution in [3.63, 3.8) is 0 Å². The summed E-state index contributed by atoms with van der Waals surface area (Å²) in [6, 6.07) is 0.559. The van der Waals surface area contributed by atoms with Gasteiger partial charge in [-0.05, 0) is 45.4 Å². The summed E-state index contributed by atoms with van der Waals surface area (Å²) >= 11 is 0. The van der Waals surface area contributed by atoms with Gasteiger partial charge < -0.3 is 10.0 Å². The molecule has 0 aromatic carbocycles. The van der Waals surface area contributed by atoms with Crippen LogP contribution in [0.3, 0.4) is 0 Å². The molecule has 5 heteroatoms. The standard InChI is InChI=1S/C19H31N3O2/c1-4-14(5-2)22-13(3)16(12-20-22)19(24)21-11-7-9-17(21)15-8-6-10-18(15)23/h12,14-15,17-18,23H,4-11H2,1-3H3. The van der Waals surface area contributed by atoms with E-state index in [4.69, 9.17) is 0 Å². The summed E-state index contributed by atoms with van der Waals surface area (Å²) in [6.45, 7) is 7.14. The molecule has 2 fully saturated rings. The Kier molecular flexibility index (Phi) is 5.28. The SMILES string of the molecule is CCC(CC)n1ncc(C(=O)N2CCCC2C2CCCC2O)c1C. The Morgan fingerprint density at radius 3 is 2.67 bits per heavy atom. The van der Waals surface area contributed by atoms with Crippen molar-refractivity contribution in [3.05, 3.63) is 17.5 Å². The second kappa shape index (κ2) is 7.26. The van der Waals surface area contributed by atoms with E-state index in [1.807, 2.05) is 16.5 Å². The van der Waals surface area contributed by atoms with Crippen molar-refractivity contribution >= 4 is 5.91 Å². The summed E-state index contributed by atoms with van der Waals surface area (Å²) in [6.07, 6.45) is 8.62. The van der Waals surface area contributed by atoms with Crippen LogP contribution in [0.2, 0.25) is 0 Å². The maximum Gasteiger partial charge on any atom is 0.257 e. The van der Waals surface area contributed by atoms with Gasteiger partial charge in [0.15, 0.2) is 0 Å². The largest absolute Gasteiger partial charge is 0.393 e. The van der Waals surface area contributed by atoms with Crippen LogP contribution in [0.5, 0.6) is 0 Å². The van der Waals surface area contributed by atoms with Crippen molar-refractivity contribution in [2.24, 2.45) is 5.92 Å². The van der Waals surface area contributed by atoms with Crippen LogP contribution in [0.25, 0.3) is 0 Å². The van der Waals surface area contributed by atoms with E-state index in [0.29, 0.717) is 6.04 Å². The van der Waals surface area contributed by atoms with E-state index in [-0.39, 0.29) is 24.0 Å². The van der Waals surface area contributed by atoms with Crippen molar-refractivity contribution < 1.29 is 9.90 Å². The van der Waals surface area contributed by atoms with Crippen LogP contribution in [0.15, 0.2) is 6.20 Å². The van der Waals surface area contributed by atoms with Crippen LogP contribution in [-0.4, -0.2) is 44.4 Å². The molecule has 1 saturated carbocycles. The molecule has 1 aromatic rings. The van der Waals surface area contributed by atoms with E-state index in [2.05, 4.69) is 18.9 Å². The summed E-state index contributed by atoms with van der Waals surface area (Å²) in [4.78, 5) is 15.2. The highest BCUT2D eigenvalue weighted by molar-refractivity contribution is 5.95. The number of carbonyl (C=O) groups excluding carboxylic acids is 1. The third kappa shape index (κ3) is 2.99. The summed E-state index contributed by atoms with van der Waals surface area (Å²) in [5.74, 6) is 0.358. The zero-order chi connectivity index (χ0) is 17.3. The highest BCUT2D eigenvalue weighted by Crippen LogP contribution is 2.36. The van der Waals surface area contributed by atoms with Crippen LogP contribution >= 0.6 is 0 Å². The molecule has 24 heavy (non-hydrogen) atoms. The topological polar surface area (TPSA) is 58.4 Å². The molecule has 1 saturated heterocycles. The van der Waals surface area contributed by atoms with Gasteiger partial charge in [0.1, 0.15) is 0 Å². The molecule has 3 rings (SSSR count). The van der Waals surface area contributed by atoms with E-state index in [0.717, 1.165) is 62.7 Å². The fraction of sp³-hybridized carbons (Fsp3) is 0.789. The van der Waals surface area contributed by atoms with E-state index in [9.17, 15) is 9.90 Å². The molecule has 1 N–H and O–H groups in total. The fourth-order valence-corrected chi connectivity index (χ4v) is 4.70. The lowest BCUT2D eigenvalue weighted by atomic mass is 9.93. The molecular weight excluding hydrogens is 302 g/mol. The third-order valence-electron chi connectivity index (χ3n) is 6.15. The van der Waals surface area contributed by atoms with Gasteiger partial charge in [-0.15, -0.1) is 0 Å². The minimum Gasteiger partial charge on any atom is -0.393 e. The van der Waals surface area contributed by atoms with Gasteiger partial charge >= 0.3 is 0 Å². The zero-order valence-electron chi connectivity index (χ0n) is 15.2.